The molecule has 13 heteroatoms. The number of urea groups is 1. The summed E-state index contributed by atoms with van der Waals surface area (Å²) in [7, 11) is 3.27. The highest BCUT2D eigenvalue weighted by Crippen LogP contribution is 2.45. The Morgan fingerprint density at radius 2 is 2.04 bits per heavy atom. The molecule has 0 spiro atoms. The molecular formula is C32H40N6O6S. The van der Waals surface area contributed by atoms with Gasteiger partial charge in [0.05, 0.1) is 24.9 Å². The first-order valence-electron chi connectivity index (χ1n) is 15.2. The van der Waals surface area contributed by atoms with E-state index in [1.165, 1.54) is 16.2 Å². The minimum absolute atomic E-state index is 0.0628. The van der Waals surface area contributed by atoms with Gasteiger partial charge in [0.1, 0.15) is 28.8 Å². The van der Waals surface area contributed by atoms with E-state index in [0.717, 1.165) is 29.8 Å². The first-order chi connectivity index (χ1) is 21.6. The van der Waals surface area contributed by atoms with Crippen LogP contribution in [0.2, 0.25) is 0 Å². The molecule has 0 radical (unpaired) electrons. The molecule has 0 bridgehead atoms. The predicted octanol–water partition coefficient (Wildman–Crippen LogP) is 4.67. The van der Waals surface area contributed by atoms with Gasteiger partial charge in [-0.2, -0.15) is 0 Å². The summed E-state index contributed by atoms with van der Waals surface area (Å²) < 4.78 is 11.7. The smallest absolute Gasteiger partial charge is 0.330 e. The van der Waals surface area contributed by atoms with Gasteiger partial charge in [-0.1, -0.05) is 12.2 Å². The van der Waals surface area contributed by atoms with Gasteiger partial charge in [-0.15, -0.1) is 11.3 Å². The fourth-order valence-electron chi connectivity index (χ4n) is 5.32. The molecule has 4 N–H and O–H groups in total. The minimum atomic E-state index is -1.38. The second kappa shape index (κ2) is 13.7. The number of anilines is 1. The third-order valence-electron chi connectivity index (χ3n) is 8.01. The molecule has 5 rings (SSSR count). The Kier molecular flexibility index (Phi) is 9.76. The molecule has 2 aliphatic rings. The second-order valence-electron chi connectivity index (χ2n) is 11.8. The Balaban J connectivity index is 1.38. The van der Waals surface area contributed by atoms with Gasteiger partial charge in [0.15, 0.2) is 5.13 Å². The molecule has 1 aromatic carbocycles. The van der Waals surface area contributed by atoms with Crippen molar-refractivity contribution in [2.24, 2.45) is 5.92 Å². The molecule has 3 atom stereocenters. The number of aliphatic carboxylic acids is 1. The molecule has 3 unspecified atom stereocenters. The molecule has 0 saturated heterocycles. The van der Waals surface area contributed by atoms with Crippen LogP contribution in [0.4, 0.5) is 9.93 Å². The largest absolute Gasteiger partial charge is 0.497 e. The van der Waals surface area contributed by atoms with Crippen LogP contribution in [0.15, 0.2) is 41.8 Å². The van der Waals surface area contributed by atoms with Gasteiger partial charge in [0, 0.05) is 54.9 Å². The number of pyridine rings is 1. The fraction of sp³-hybridized carbons (Fsp3) is 0.469. The van der Waals surface area contributed by atoms with E-state index in [4.69, 9.17) is 14.5 Å². The Morgan fingerprint density at radius 3 is 2.80 bits per heavy atom. The van der Waals surface area contributed by atoms with Crippen LogP contribution in [-0.4, -0.2) is 82.8 Å². The molecule has 240 valence electrons. The van der Waals surface area contributed by atoms with Crippen LogP contribution in [0.3, 0.4) is 0 Å². The average Bonchev–Trinajstić information content (AvgIpc) is 3.51. The number of carboxylic acid groups (broad SMARTS) is 1. The van der Waals surface area contributed by atoms with Crippen molar-refractivity contribution in [3.8, 4) is 22.9 Å². The molecule has 3 amide bonds. The highest BCUT2D eigenvalue weighted by molar-refractivity contribution is 7.14. The number of hydrogen-bond donors (Lipinski definition) is 4. The zero-order chi connectivity index (χ0) is 32.1. The molecule has 3 aromatic rings. The first-order valence-corrected chi connectivity index (χ1v) is 16.1. The van der Waals surface area contributed by atoms with E-state index in [9.17, 15) is 19.5 Å². The van der Waals surface area contributed by atoms with Crippen molar-refractivity contribution < 1.29 is 29.0 Å². The number of nitrogens with one attached hydrogen (secondary N) is 3. The Labute approximate surface area is 266 Å². The zero-order valence-corrected chi connectivity index (χ0v) is 26.8. The Hall–Kier alpha value is -4.39. The van der Waals surface area contributed by atoms with Crippen molar-refractivity contribution in [1.82, 2.24) is 25.5 Å². The summed E-state index contributed by atoms with van der Waals surface area (Å²) in [5.41, 5.74) is 0.570. The summed E-state index contributed by atoms with van der Waals surface area (Å²) in [4.78, 5) is 49.8. The highest BCUT2D eigenvalue weighted by atomic mass is 32.1. The predicted molar refractivity (Wildman–Crippen MR) is 173 cm³/mol. The summed E-state index contributed by atoms with van der Waals surface area (Å²) in [5, 5.41) is 22.3. The zero-order valence-electron chi connectivity index (χ0n) is 26.0. The van der Waals surface area contributed by atoms with Gasteiger partial charge in [-0.3, -0.25) is 4.79 Å². The van der Waals surface area contributed by atoms with Crippen molar-refractivity contribution in [1.29, 1.82) is 0 Å². The SMILES string of the molecule is COc1ccc2c(OCCC3NC(=O)N(C)CCCC/C=C\C4CC4(C(=O)O)NC3=O)cc(-c3csc(NC(C)C)n3)nc2c1. The topological polar surface area (TPSA) is 155 Å². The average molecular weight is 637 g/mol. The Morgan fingerprint density at radius 1 is 1.22 bits per heavy atom. The molecule has 45 heavy (non-hydrogen) atoms. The third kappa shape index (κ3) is 7.47. The number of hydrogen-bond acceptors (Lipinski definition) is 9. The summed E-state index contributed by atoms with van der Waals surface area (Å²) >= 11 is 1.48. The molecule has 1 aliphatic heterocycles. The lowest BCUT2D eigenvalue weighted by Crippen LogP contribution is -2.55. The summed E-state index contributed by atoms with van der Waals surface area (Å²) in [5.74, 6) is -0.771. The van der Waals surface area contributed by atoms with Crippen LogP contribution in [0, 0.1) is 5.92 Å². The maximum atomic E-state index is 13.5. The number of allylic oxidation sites excluding steroid dienone is 1. The summed E-state index contributed by atoms with van der Waals surface area (Å²) in [6, 6.07) is 6.11. The molecule has 2 aromatic heterocycles. The van der Waals surface area contributed by atoms with Crippen molar-refractivity contribution in [3.05, 3.63) is 41.8 Å². The number of carbonyl (C=O) groups is 3. The van der Waals surface area contributed by atoms with Crippen LogP contribution < -0.4 is 25.4 Å². The van der Waals surface area contributed by atoms with Crippen molar-refractivity contribution in [3.63, 3.8) is 0 Å². The van der Waals surface area contributed by atoms with Crippen LogP contribution in [-0.2, 0) is 9.59 Å². The number of ether oxygens (including phenoxy) is 2. The highest BCUT2D eigenvalue weighted by Gasteiger charge is 2.60. The first kappa shape index (κ1) is 32.0. The van der Waals surface area contributed by atoms with E-state index in [0.29, 0.717) is 41.4 Å². The lowest BCUT2D eigenvalue weighted by molar-refractivity contribution is -0.143. The molecule has 3 heterocycles. The number of methoxy groups -OCH3 is 1. The number of benzene rings is 1. The van der Waals surface area contributed by atoms with Crippen molar-refractivity contribution in [2.45, 2.75) is 63.6 Å². The van der Waals surface area contributed by atoms with Crippen LogP contribution in [0.25, 0.3) is 22.3 Å². The maximum Gasteiger partial charge on any atom is 0.330 e. The van der Waals surface area contributed by atoms with Crippen LogP contribution in [0.1, 0.15) is 46.0 Å². The number of nitrogens with zero attached hydrogens (tertiary/aromatic N) is 3. The normalized spacial score (nSPS) is 23.0. The lowest BCUT2D eigenvalue weighted by Gasteiger charge is -2.25. The number of amides is 3. The van der Waals surface area contributed by atoms with Gasteiger partial charge in [0.2, 0.25) is 5.91 Å². The van der Waals surface area contributed by atoms with Gasteiger partial charge < -0.3 is 35.4 Å². The number of fused-ring (bicyclic) bond motifs is 2. The van der Waals surface area contributed by atoms with E-state index in [1.54, 1.807) is 14.2 Å². The number of carbonyl (C=O) groups excluding carboxylic acids is 2. The van der Waals surface area contributed by atoms with Crippen molar-refractivity contribution >= 4 is 45.3 Å². The van der Waals surface area contributed by atoms with Crippen LogP contribution in [0.5, 0.6) is 11.5 Å². The van der Waals surface area contributed by atoms with Gasteiger partial charge in [0.25, 0.3) is 0 Å². The van der Waals surface area contributed by atoms with Gasteiger partial charge >= 0.3 is 12.0 Å². The summed E-state index contributed by atoms with van der Waals surface area (Å²) in [6.07, 6.45) is 6.71. The Bertz CT molecular complexity index is 1590. The molecule has 1 saturated carbocycles. The van der Waals surface area contributed by atoms with Gasteiger partial charge in [-0.05, 0) is 51.7 Å². The maximum absolute atomic E-state index is 13.5. The number of rotatable bonds is 9. The van der Waals surface area contributed by atoms with Crippen LogP contribution >= 0.6 is 11.3 Å². The number of carboxylic acids is 1. The van der Waals surface area contributed by atoms with E-state index in [2.05, 4.69) is 20.9 Å². The lowest BCUT2D eigenvalue weighted by atomic mass is 10.1. The van der Waals surface area contributed by atoms with E-state index >= 15 is 0 Å². The quantitative estimate of drug-likeness (QED) is 0.245. The van der Waals surface area contributed by atoms with E-state index < -0.39 is 29.5 Å². The van der Waals surface area contributed by atoms with Crippen molar-refractivity contribution in [2.75, 3.05) is 32.6 Å². The number of thiazole rings is 1. The standard InChI is InChI=1S/C32H40N6O6S/c1-19(2)33-30-35-26(18-45-30)25-16-27(22-11-10-21(43-4)15-24(22)34-25)44-14-12-23-28(39)37-32(29(40)41)17-20(32)9-7-5-6-8-13-38(3)31(42)36-23/h7,9-11,15-16,18-20,23H,5-6,8,12-14,17H2,1-4H3,(H,33,35)(H,36,42)(H,37,39)(H,40,41)/b9-7-. The number of aromatic nitrogens is 2. The second-order valence-corrected chi connectivity index (χ2v) is 12.6. The van der Waals surface area contributed by atoms with E-state index in [1.807, 2.05) is 55.6 Å². The molecule has 1 fully saturated rings. The minimum Gasteiger partial charge on any atom is -0.497 e. The van der Waals surface area contributed by atoms with E-state index in [-0.39, 0.29) is 25.0 Å². The fourth-order valence-corrected chi connectivity index (χ4v) is 6.17. The molecular weight excluding hydrogens is 596 g/mol. The third-order valence-corrected chi connectivity index (χ3v) is 8.78. The monoisotopic (exact) mass is 636 g/mol. The van der Waals surface area contributed by atoms with Gasteiger partial charge in [-0.25, -0.2) is 19.6 Å². The molecule has 12 nitrogen and oxygen atoms in total. The molecule has 1 aliphatic carbocycles. The summed E-state index contributed by atoms with van der Waals surface area (Å²) in [6.45, 7) is 4.68.